The molecule has 174 valence electrons. The zero-order valence-electron chi connectivity index (χ0n) is 18.9. The Morgan fingerprint density at radius 1 is 1.16 bits per heavy atom. The van der Waals surface area contributed by atoms with Crippen LogP contribution < -0.4 is 11.1 Å². The summed E-state index contributed by atoms with van der Waals surface area (Å²) < 4.78 is 33.0. The molecule has 2 saturated heterocycles. The smallest absolute Gasteiger partial charge is 0.410 e. The van der Waals surface area contributed by atoms with Crippen molar-refractivity contribution in [2.75, 3.05) is 26.3 Å². The Hall–Kier alpha value is -2.58. The van der Waals surface area contributed by atoms with E-state index in [9.17, 15) is 4.79 Å². The number of rotatable bonds is 3. The molecule has 1 spiro atoms. The van der Waals surface area contributed by atoms with Crippen LogP contribution in [0.5, 0.6) is 0 Å². The van der Waals surface area contributed by atoms with Gasteiger partial charge in [-0.25, -0.2) is 9.18 Å². The van der Waals surface area contributed by atoms with Crippen molar-refractivity contribution in [1.82, 2.24) is 10.2 Å². The number of halogens is 1. The molecular weight excluding hydrogens is 413 g/mol. The molecule has 0 bridgehead atoms. The van der Waals surface area contributed by atoms with Gasteiger partial charge in [-0.2, -0.15) is 0 Å². The predicted octanol–water partition coefficient (Wildman–Crippen LogP) is 3.67. The molecule has 8 heteroatoms. The average molecular weight is 446 g/mol. The lowest BCUT2D eigenvalue weighted by Crippen LogP contribution is -2.53. The molecule has 0 radical (unpaired) electrons. The highest BCUT2D eigenvalue weighted by Gasteiger charge is 2.45. The number of carbonyl (C=O) groups excluding carboxylic acids is 1. The van der Waals surface area contributed by atoms with Gasteiger partial charge in [-0.15, -0.1) is 0 Å². The van der Waals surface area contributed by atoms with Crippen LogP contribution in [0.1, 0.15) is 45.6 Å². The fraction of sp³-hybridized carbons (Fsp3) is 0.542. The van der Waals surface area contributed by atoms with Crippen molar-refractivity contribution in [3.05, 3.63) is 53.4 Å². The van der Waals surface area contributed by atoms with Crippen molar-refractivity contribution in [2.24, 2.45) is 5.73 Å². The zero-order chi connectivity index (χ0) is 23.0. The highest BCUT2D eigenvalue weighted by Crippen LogP contribution is 2.41. The Kier molecular flexibility index (Phi) is 5.94. The van der Waals surface area contributed by atoms with Crippen molar-refractivity contribution in [2.45, 2.75) is 57.2 Å². The number of ether oxygens (including phenoxy) is 3. The highest BCUT2D eigenvalue weighted by molar-refractivity contribution is 5.80. The van der Waals surface area contributed by atoms with Gasteiger partial charge in [-0.3, -0.25) is 5.32 Å². The number of hydrogen-bond acceptors (Lipinski definition) is 6. The summed E-state index contributed by atoms with van der Waals surface area (Å²) in [4.78, 5) is 14.5. The zero-order valence-corrected chi connectivity index (χ0v) is 18.9. The summed E-state index contributed by atoms with van der Waals surface area (Å²) in [5.41, 5.74) is 7.95. The molecule has 0 saturated carbocycles. The summed E-state index contributed by atoms with van der Waals surface area (Å²) in [5.74, 6) is -2.78. The summed E-state index contributed by atoms with van der Waals surface area (Å²) in [5, 5.41) is 2.36. The molecule has 1 aromatic carbocycles. The molecular formula is C24H32FN3O4. The second kappa shape index (κ2) is 8.41. The minimum atomic E-state index is -2.24. The number of carbonyl (C=O) groups is 1. The van der Waals surface area contributed by atoms with Crippen molar-refractivity contribution in [3.8, 4) is 0 Å². The maximum Gasteiger partial charge on any atom is 0.410 e. The molecule has 2 heterocycles. The third-order valence-electron chi connectivity index (χ3n) is 5.98. The predicted molar refractivity (Wildman–Crippen MR) is 119 cm³/mol. The molecule has 2 fully saturated rings. The summed E-state index contributed by atoms with van der Waals surface area (Å²) in [6, 6.07) is 9.75. The number of amides is 1. The van der Waals surface area contributed by atoms with Gasteiger partial charge in [0.15, 0.2) is 5.79 Å². The summed E-state index contributed by atoms with van der Waals surface area (Å²) in [6.07, 6.45) is 2.07. The van der Waals surface area contributed by atoms with Gasteiger partial charge >= 0.3 is 6.09 Å². The standard InChI is InChI=1S/C24H32FN3O4/c1-22(2,3)32-21(29)27-24(25)16-19(18(15-20(24)26)17-7-5-4-6-8-17)28-11-9-23(10-12-28)30-13-14-31-23/h4-8,15H,9-14,16,26H2,1-3H3,(H,27,29). The minimum absolute atomic E-state index is 0.0538. The van der Waals surface area contributed by atoms with Crippen molar-refractivity contribution in [1.29, 1.82) is 0 Å². The van der Waals surface area contributed by atoms with Crippen LogP contribution in [-0.4, -0.2) is 54.5 Å². The number of hydrogen-bond donors (Lipinski definition) is 2. The van der Waals surface area contributed by atoms with Gasteiger partial charge in [-0.1, -0.05) is 30.3 Å². The first-order valence-electron chi connectivity index (χ1n) is 11.1. The Balaban J connectivity index is 1.62. The third kappa shape index (κ3) is 4.76. The van der Waals surface area contributed by atoms with Gasteiger partial charge in [0.05, 0.1) is 18.9 Å². The van der Waals surface area contributed by atoms with Crippen molar-refractivity contribution < 1.29 is 23.4 Å². The van der Waals surface area contributed by atoms with Crippen LogP contribution in [-0.2, 0) is 14.2 Å². The lowest BCUT2D eigenvalue weighted by atomic mass is 9.88. The Morgan fingerprint density at radius 3 is 2.38 bits per heavy atom. The van der Waals surface area contributed by atoms with Crippen LogP contribution >= 0.6 is 0 Å². The quantitative estimate of drug-likeness (QED) is 0.691. The molecule has 7 nitrogen and oxygen atoms in total. The largest absolute Gasteiger partial charge is 0.444 e. The van der Waals surface area contributed by atoms with Crippen LogP contribution in [0.4, 0.5) is 9.18 Å². The number of piperidine rings is 1. The first-order chi connectivity index (χ1) is 15.1. The van der Waals surface area contributed by atoms with E-state index in [-0.39, 0.29) is 12.1 Å². The molecule has 1 atom stereocenters. The lowest BCUT2D eigenvalue weighted by molar-refractivity contribution is -0.183. The summed E-state index contributed by atoms with van der Waals surface area (Å²) >= 11 is 0. The second-order valence-corrected chi connectivity index (χ2v) is 9.53. The monoisotopic (exact) mass is 445 g/mol. The second-order valence-electron chi connectivity index (χ2n) is 9.53. The molecule has 0 aromatic heterocycles. The van der Waals surface area contributed by atoms with Gasteiger partial charge in [-0.05, 0) is 32.4 Å². The van der Waals surface area contributed by atoms with E-state index in [2.05, 4.69) is 10.2 Å². The topological polar surface area (TPSA) is 86.0 Å². The molecule has 3 N–H and O–H groups in total. The Bertz CT molecular complexity index is 909. The van der Waals surface area contributed by atoms with Gasteiger partial charge in [0.1, 0.15) is 5.60 Å². The number of benzene rings is 1. The average Bonchev–Trinajstić information content (AvgIpc) is 3.17. The number of nitrogens with two attached hydrogens (primary N) is 1. The van der Waals surface area contributed by atoms with Gasteiger partial charge in [0, 0.05) is 43.6 Å². The van der Waals surface area contributed by atoms with E-state index in [4.69, 9.17) is 19.9 Å². The molecule has 1 unspecified atom stereocenters. The first-order valence-corrected chi connectivity index (χ1v) is 11.1. The van der Waals surface area contributed by atoms with E-state index in [1.54, 1.807) is 26.8 Å². The highest BCUT2D eigenvalue weighted by atomic mass is 19.1. The molecule has 4 rings (SSSR count). The van der Waals surface area contributed by atoms with E-state index in [1.165, 1.54) is 0 Å². The van der Waals surface area contributed by atoms with E-state index in [1.807, 2.05) is 30.3 Å². The summed E-state index contributed by atoms with van der Waals surface area (Å²) in [6.45, 7) is 7.70. The van der Waals surface area contributed by atoms with Crippen LogP contribution in [0.2, 0.25) is 0 Å². The lowest BCUT2D eigenvalue weighted by Gasteiger charge is -2.43. The molecule has 2 aliphatic heterocycles. The van der Waals surface area contributed by atoms with Gasteiger partial charge in [0.2, 0.25) is 5.79 Å². The third-order valence-corrected chi connectivity index (χ3v) is 5.98. The molecule has 1 amide bonds. The molecule has 1 aliphatic carbocycles. The van der Waals surface area contributed by atoms with E-state index in [0.29, 0.717) is 39.1 Å². The number of nitrogens with one attached hydrogen (secondary N) is 1. The number of nitrogens with zero attached hydrogens (tertiary/aromatic N) is 1. The van der Waals surface area contributed by atoms with Gasteiger partial charge < -0.3 is 24.8 Å². The molecule has 32 heavy (non-hydrogen) atoms. The van der Waals surface area contributed by atoms with Crippen LogP contribution in [0.25, 0.3) is 5.57 Å². The first kappa shape index (κ1) is 22.6. The van der Waals surface area contributed by atoms with Crippen molar-refractivity contribution >= 4 is 11.7 Å². The van der Waals surface area contributed by atoms with Crippen LogP contribution in [0, 0.1) is 0 Å². The fourth-order valence-corrected chi connectivity index (χ4v) is 4.42. The van der Waals surface area contributed by atoms with Gasteiger partial charge in [0.25, 0.3) is 0 Å². The Labute approximate surface area is 188 Å². The van der Waals surface area contributed by atoms with Crippen molar-refractivity contribution in [3.63, 3.8) is 0 Å². The van der Waals surface area contributed by atoms with Crippen LogP contribution in [0.3, 0.4) is 0 Å². The van der Waals surface area contributed by atoms with Crippen LogP contribution in [0.15, 0.2) is 47.8 Å². The number of alkyl halides is 1. The SMILES string of the molecule is CC(C)(C)OC(=O)NC1(F)CC(N2CCC3(CC2)OCCO3)=C(c2ccccc2)C=C1N. The van der Waals surface area contributed by atoms with E-state index < -0.39 is 23.3 Å². The molecule has 3 aliphatic rings. The summed E-state index contributed by atoms with van der Waals surface area (Å²) in [7, 11) is 0. The van der Waals surface area contributed by atoms with E-state index >= 15 is 4.39 Å². The minimum Gasteiger partial charge on any atom is -0.444 e. The fourth-order valence-electron chi connectivity index (χ4n) is 4.42. The number of alkyl carbamates (subject to hydrolysis) is 1. The maximum absolute atomic E-state index is 16.1. The Morgan fingerprint density at radius 2 is 1.78 bits per heavy atom. The maximum atomic E-state index is 16.1. The normalized spacial score (nSPS) is 25.6. The molecule has 1 aromatic rings. The van der Waals surface area contributed by atoms with E-state index in [0.717, 1.165) is 16.8 Å². The number of likely N-dealkylation sites (tertiary alicyclic amines) is 1. The number of allylic oxidation sites excluding steroid dienone is 2.